The van der Waals surface area contributed by atoms with E-state index in [1.165, 1.54) is 5.56 Å². The second kappa shape index (κ2) is 5.32. The van der Waals surface area contributed by atoms with E-state index in [0.29, 0.717) is 13.2 Å². The lowest BCUT2D eigenvalue weighted by atomic mass is 9.89. The summed E-state index contributed by atoms with van der Waals surface area (Å²) in [7, 11) is 1.66. The van der Waals surface area contributed by atoms with Crippen LogP contribution in [0, 0.1) is 0 Å². The Morgan fingerprint density at radius 1 is 1.38 bits per heavy atom. The first kappa shape index (κ1) is 11.4. The molecule has 1 aromatic rings. The summed E-state index contributed by atoms with van der Waals surface area (Å²) in [6.45, 7) is 1.16. The summed E-state index contributed by atoms with van der Waals surface area (Å²) in [5, 5.41) is 9.81. The van der Waals surface area contributed by atoms with Crippen LogP contribution in [0.5, 0.6) is 5.75 Å². The number of hydrogen-bond donors (Lipinski definition) is 1. The van der Waals surface area contributed by atoms with Crippen LogP contribution in [0.15, 0.2) is 18.2 Å². The minimum Gasteiger partial charge on any atom is -0.491 e. The number of benzene rings is 1. The van der Waals surface area contributed by atoms with Crippen molar-refractivity contribution >= 4 is 0 Å². The molecule has 0 spiro atoms. The standard InChI is InChI=1S/C13H18O3/c1-15-7-8-16-11-5-6-12-10(9-11)3-2-4-13(12)14/h5-6,9,13-14H,2-4,7-8H2,1H3. The molecule has 0 aromatic heterocycles. The largest absolute Gasteiger partial charge is 0.491 e. The van der Waals surface area contributed by atoms with E-state index in [0.717, 1.165) is 30.6 Å². The molecule has 0 radical (unpaired) electrons. The summed E-state index contributed by atoms with van der Waals surface area (Å²) >= 11 is 0. The van der Waals surface area contributed by atoms with Crippen LogP contribution >= 0.6 is 0 Å². The fourth-order valence-electron chi connectivity index (χ4n) is 2.10. The second-order valence-electron chi connectivity index (χ2n) is 4.11. The molecule has 0 saturated heterocycles. The van der Waals surface area contributed by atoms with Crippen LogP contribution in [0.3, 0.4) is 0 Å². The molecule has 1 aromatic carbocycles. The summed E-state index contributed by atoms with van der Waals surface area (Å²) < 4.78 is 10.5. The Morgan fingerprint density at radius 3 is 3.06 bits per heavy atom. The van der Waals surface area contributed by atoms with Gasteiger partial charge in [0.15, 0.2) is 0 Å². The molecule has 88 valence electrons. The van der Waals surface area contributed by atoms with Crippen molar-refractivity contribution in [1.29, 1.82) is 0 Å². The molecule has 1 aliphatic rings. The van der Waals surface area contributed by atoms with Crippen LogP contribution in [0.2, 0.25) is 0 Å². The molecule has 1 N–H and O–H groups in total. The van der Waals surface area contributed by atoms with Gasteiger partial charge in [0.1, 0.15) is 12.4 Å². The molecule has 16 heavy (non-hydrogen) atoms. The number of aryl methyl sites for hydroxylation is 1. The van der Waals surface area contributed by atoms with E-state index in [1.54, 1.807) is 7.11 Å². The van der Waals surface area contributed by atoms with Gasteiger partial charge in [0.25, 0.3) is 0 Å². The molecule has 0 heterocycles. The first-order valence-corrected chi connectivity index (χ1v) is 5.74. The van der Waals surface area contributed by atoms with E-state index in [4.69, 9.17) is 9.47 Å². The van der Waals surface area contributed by atoms with Crippen LogP contribution in [0.25, 0.3) is 0 Å². The highest BCUT2D eigenvalue weighted by Gasteiger charge is 2.17. The Morgan fingerprint density at radius 2 is 2.25 bits per heavy atom. The normalized spacial score (nSPS) is 19.2. The molecule has 1 unspecified atom stereocenters. The second-order valence-corrected chi connectivity index (χ2v) is 4.11. The van der Waals surface area contributed by atoms with E-state index in [9.17, 15) is 5.11 Å². The molecule has 1 aliphatic carbocycles. The molecule has 0 amide bonds. The number of fused-ring (bicyclic) bond motifs is 1. The predicted octanol–water partition coefficient (Wildman–Crippen LogP) is 2.08. The van der Waals surface area contributed by atoms with Gasteiger partial charge in [-0.2, -0.15) is 0 Å². The fourth-order valence-corrected chi connectivity index (χ4v) is 2.10. The number of aliphatic hydroxyl groups excluding tert-OH is 1. The summed E-state index contributed by atoms with van der Waals surface area (Å²) in [4.78, 5) is 0. The van der Waals surface area contributed by atoms with Gasteiger partial charge in [0.05, 0.1) is 12.7 Å². The Labute approximate surface area is 96.0 Å². The number of aliphatic hydroxyl groups is 1. The molecule has 1 atom stereocenters. The lowest BCUT2D eigenvalue weighted by Crippen LogP contribution is -2.10. The summed E-state index contributed by atoms with van der Waals surface area (Å²) in [6.07, 6.45) is 2.66. The maximum absolute atomic E-state index is 9.81. The Hall–Kier alpha value is -1.06. The smallest absolute Gasteiger partial charge is 0.119 e. The van der Waals surface area contributed by atoms with Gasteiger partial charge in [0.2, 0.25) is 0 Å². The lowest BCUT2D eigenvalue weighted by molar-refractivity contribution is 0.145. The number of hydrogen-bond acceptors (Lipinski definition) is 3. The van der Waals surface area contributed by atoms with Crippen molar-refractivity contribution in [2.45, 2.75) is 25.4 Å². The molecular weight excluding hydrogens is 204 g/mol. The van der Waals surface area contributed by atoms with Crippen LogP contribution < -0.4 is 4.74 Å². The van der Waals surface area contributed by atoms with E-state index < -0.39 is 0 Å². The Bertz CT molecular complexity index is 349. The SMILES string of the molecule is COCCOc1ccc2c(c1)CCCC2O. The topological polar surface area (TPSA) is 38.7 Å². The highest BCUT2D eigenvalue weighted by Crippen LogP contribution is 2.31. The van der Waals surface area contributed by atoms with Crippen molar-refractivity contribution in [3.8, 4) is 5.75 Å². The number of rotatable bonds is 4. The van der Waals surface area contributed by atoms with Crippen LogP contribution in [-0.4, -0.2) is 25.4 Å². The van der Waals surface area contributed by atoms with Crippen molar-refractivity contribution in [2.75, 3.05) is 20.3 Å². The molecule has 0 bridgehead atoms. The Balaban J connectivity index is 2.06. The fraction of sp³-hybridized carbons (Fsp3) is 0.538. The van der Waals surface area contributed by atoms with Crippen LogP contribution in [0.4, 0.5) is 0 Å². The van der Waals surface area contributed by atoms with Gasteiger partial charge in [-0.25, -0.2) is 0 Å². The molecule has 0 aliphatic heterocycles. The van der Waals surface area contributed by atoms with Gasteiger partial charge >= 0.3 is 0 Å². The average molecular weight is 222 g/mol. The van der Waals surface area contributed by atoms with Crippen LogP contribution in [0.1, 0.15) is 30.1 Å². The molecular formula is C13H18O3. The van der Waals surface area contributed by atoms with Gasteiger partial charge in [-0.05, 0) is 42.5 Å². The zero-order chi connectivity index (χ0) is 11.4. The molecule has 3 heteroatoms. The van der Waals surface area contributed by atoms with E-state index in [1.807, 2.05) is 18.2 Å². The monoisotopic (exact) mass is 222 g/mol. The van der Waals surface area contributed by atoms with Gasteiger partial charge in [-0.1, -0.05) is 6.07 Å². The third kappa shape index (κ3) is 2.54. The lowest BCUT2D eigenvalue weighted by Gasteiger charge is -2.21. The van der Waals surface area contributed by atoms with E-state index in [2.05, 4.69) is 0 Å². The highest BCUT2D eigenvalue weighted by molar-refractivity contribution is 5.38. The van der Waals surface area contributed by atoms with Crippen molar-refractivity contribution in [3.05, 3.63) is 29.3 Å². The van der Waals surface area contributed by atoms with Gasteiger partial charge in [-0.15, -0.1) is 0 Å². The average Bonchev–Trinajstić information content (AvgIpc) is 2.30. The summed E-state index contributed by atoms with van der Waals surface area (Å²) in [5.41, 5.74) is 2.28. The quantitative estimate of drug-likeness (QED) is 0.793. The van der Waals surface area contributed by atoms with Crippen LogP contribution in [-0.2, 0) is 11.2 Å². The predicted molar refractivity (Wildman–Crippen MR) is 61.7 cm³/mol. The van der Waals surface area contributed by atoms with Gasteiger partial charge < -0.3 is 14.6 Å². The first-order chi connectivity index (χ1) is 7.81. The number of methoxy groups -OCH3 is 1. The molecule has 0 saturated carbocycles. The van der Waals surface area contributed by atoms with E-state index >= 15 is 0 Å². The Kier molecular flexibility index (Phi) is 3.80. The van der Waals surface area contributed by atoms with Crippen molar-refractivity contribution in [2.24, 2.45) is 0 Å². The van der Waals surface area contributed by atoms with E-state index in [-0.39, 0.29) is 6.10 Å². The molecule has 2 rings (SSSR count). The van der Waals surface area contributed by atoms with Crippen molar-refractivity contribution < 1.29 is 14.6 Å². The minimum absolute atomic E-state index is 0.295. The maximum atomic E-state index is 9.81. The number of ether oxygens (including phenoxy) is 2. The third-order valence-corrected chi connectivity index (χ3v) is 2.95. The maximum Gasteiger partial charge on any atom is 0.119 e. The third-order valence-electron chi connectivity index (χ3n) is 2.95. The molecule has 3 nitrogen and oxygen atoms in total. The minimum atomic E-state index is -0.295. The highest BCUT2D eigenvalue weighted by atomic mass is 16.5. The zero-order valence-electron chi connectivity index (χ0n) is 9.61. The van der Waals surface area contributed by atoms with Gasteiger partial charge in [0, 0.05) is 7.11 Å². The molecule has 0 fully saturated rings. The zero-order valence-corrected chi connectivity index (χ0v) is 9.61. The van der Waals surface area contributed by atoms with Crippen molar-refractivity contribution in [3.63, 3.8) is 0 Å². The van der Waals surface area contributed by atoms with Gasteiger partial charge in [-0.3, -0.25) is 0 Å². The summed E-state index contributed by atoms with van der Waals surface area (Å²) in [5.74, 6) is 0.866. The summed E-state index contributed by atoms with van der Waals surface area (Å²) in [6, 6.07) is 5.93. The first-order valence-electron chi connectivity index (χ1n) is 5.74. The van der Waals surface area contributed by atoms with Crippen molar-refractivity contribution in [1.82, 2.24) is 0 Å².